The number of amides is 1. The molecule has 3 rings (SSSR count). The zero-order valence-electron chi connectivity index (χ0n) is 12.7. The summed E-state index contributed by atoms with van der Waals surface area (Å²) in [4.78, 5) is 14.6. The van der Waals surface area contributed by atoms with Gasteiger partial charge in [0.25, 0.3) is 0 Å². The maximum Gasteiger partial charge on any atom is 0.223 e. The van der Waals surface area contributed by atoms with E-state index in [4.69, 9.17) is 23.2 Å². The minimum Gasteiger partial charge on any atom is -0.353 e. The quantitative estimate of drug-likeness (QED) is 0.902. The van der Waals surface area contributed by atoms with Gasteiger partial charge in [0.15, 0.2) is 0 Å². The lowest BCUT2D eigenvalue weighted by molar-refractivity contribution is -0.127. The predicted molar refractivity (Wildman–Crippen MR) is 90.2 cm³/mol. The molecule has 1 amide bonds. The molecule has 0 atom stereocenters. The first kappa shape index (κ1) is 16.1. The van der Waals surface area contributed by atoms with Crippen molar-refractivity contribution in [1.29, 1.82) is 0 Å². The Hall–Kier alpha value is -0.770. The molecule has 0 radical (unpaired) electrons. The highest BCUT2D eigenvalue weighted by atomic mass is 35.5. The topological polar surface area (TPSA) is 32.3 Å². The van der Waals surface area contributed by atoms with Gasteiger partial charge in [0, 0.05) is 28.5 Å². The number of piperidine rings is 1. The number of benzene rings is 1. The summed E-state index contributed by atoms with van der Waals surface area (Å²) in [5.74, 6) is 0.436. The van der Waals surface area contributed by atoms with Gasteiger partial charge in [-0.2, -0.15) is 0 Å². The van der Waals surface area contributed by atoms with Crippen LogP contribution in [0, 0.1) is 5.92 Å². The van der Waals surface area contributed by atoms with E-state index in [1.165, 1.54) is 6.42 Å². The van der Waals surface area contributed by atoms with Gasteiger partial charge in [-0.25, -0.2) is 0 Å². The summed E-state index contributed by atoms with van der Waals surface area (Å²) in [6, 6.07) is 6.09. The van der Waals surface area contributed by atoms with Crippen molar-refractivity contribution in [3.63, 3.8) is 0 Å². The van der Waals surface area contributed by atoms with Crippen LogP contribution in [-0.4, -0.2) is 29.9 Å². The van der Waals surface area contributed by atoms with Gasteiger partial charge in [-0.3, -0.25) is 9.69 Å². The molecule has 2 fully saturated rings. The van der Waals surface area contributed by atoms with E-state index in [2.05, 4.69) is 10.2 Å². The minimum atomic E-state index is 0.178. The molecule has 22 heavy (non-hydrogen) atoms. The van der Waals surface area contributed by atoms with E-state index in [0.717, 1.165) is 55.9 Å². The molecule has 5 heteroatoms. The number of rotatable bonds is 4. The molecule has 1 saturated carbocycles. The van der Waals surface area contributed by atoms with Gasteiger partial charge in [-0.1, -0.05) is 29.3 Å². The van der Waals surface area contributed by atoms with Crippen molar-refractivity contribution in [3.05, 3.63) is 33.8 Å². The van der Waals surface area contributed by atoms with Crippen molar-refractivity contribution in [2.45, 2.75) is 44.7 Å². The lowest BCUT2D eigenvalue weighted by Gasteiger charge is -2.33. The van der Waals surface area contributed by atoms with Crippen molar-refractivity contribution in [2.75, 3.05) is 13.1 Å². The Balaban J connectivity index is 1.47. The highest BCUT2D eigenvalue weighted by molar-refractivity contribution is 6.35. The zero-order valence-corrected chi connectivity index (χ0v) is 14.2. The Morgan fingerprint density at radius 2 is 1.91 bits per heavy atom. The fourth-order valence-corrected chi connectivity index (χ4v) is 3.58. The molecule has 1 aromatic carbocycles. The van der Waals surface area contributed by atoms with Gasteiger partial charge in [0.05, 0.1) is 0 Å². The molecule has 0 spiro atoms. The number of nitrogens with zero attached hydrogens (tertiary/aromatic N) is 1. The third-order valence-corrected chi connectivity index (χ3v) is 5.41. The molecule has 1 N–H and O–H groups in total. The van der Waals surface area contributed by atoms with E-state index >= 15 is 0 Å². The maximum absolute atomic E-state index is 12.2. The Morgan fingerprint density at radius 1 is 1.18 bits per heavy atom. The number of hydrogen-bond acceptors (Lipinski definition) is 2. The van der Waals surface area contributed by atoms with Crippen molar-refractivity contribution in [3.8, 4) is 0 Å². The average molecular weight is 341 g/mol. The van der Waals surface area contributed by atoms with Crippen LogP contribution in [0.3, 0.4) is 0 Å². The lowest BCUT2D eigenvalue weighted by Crippen LogP contribution is -2.45. The number of nitrogens with one attached hydrogen (secondary N) is 1. The van der Waals surface area contributed by atoms with Gasteiger partial charge in [-0.05, 0) is 62.9 Å². The summed E-state index contributed by atoms with van der Waals surface area (Å²) >= 11 is 12.2. The molecule has 1 saturated heterocycles. The molecule has 0 aromatic heterocycles. The van der Waals surface area contributed by atoms with Gasteiger partial charge in [0.1, 0.15) is 0 Å². The van der Waals surface area contributed by atoms with Crippen LogP contribution >= 0.6 is 23.2 Å². The monoisotopic (exact) mass is 340 g/mol. The van der Waals surface area contributed by atoms with Gasteiger partial charge < -0.3 is 5.32 Å². The SMILES string of the molecule is O=C(NC1CCC1)C1CCN(Cc2ccc(Cl)cc2Cl)CC1. The van der Waals surface area contributed by atoms with Crippen LogP contribution in [0.1, 0.15) is 37.7 Å². The standard InChI is InChI=1S/C17H22Cl2N2O/c18-14-5-4-13(16(19)10-14)11-21-8-6-12(7-9-21)17(22)20-15-2-1-3-15/h4-5,10,12,15H,1-3,6-9,11H2,(H,20,22). The van der Waals surface area contributed by atoms with Gasteiger partial charge >= 0.3 is 0 Å². The predicted octanol–water partition coefficient (Wildman–Crippen LogP) is 3.87. The molecule has 0 bridgehead atoms. The van der Waals surface area contributed by atoms with Crippen LogP contribution in [0.5, 0.6) is 0 Å². The molecular formula is C17H22Cl2N2O. The number of likely N-dealkylation sites (tertiary alicyclic amines) is 1. The third-order valence-electron chi connectivity index (χ3n) is 4.82. The molecule has 1 aliphatic carbocycles. The highest BCUT2D eigenvalue weighted by Crippen LogP contribution is 2.25. The van der Waals surface area contributed by atoms with Crippen LogP contribution in [-0.2, 0) is 11.3 Å². The number of hydrogen-bond donors (Lipinski definition) is 1. The normalized spacial score (nSPS) is 20.6. The smallest absolute Gasteiger partial charge is 0.223 e. The molecule has 1 aliphatic heterocycles. The molecule has 120 valence electrons. The molecular weight excluding hydrogens is 319 g/mol. The second-order valence-corrected chi connectivity index (χ2v) is 7.27. The second kappa shape index (κ2) is 7.20. The van der Waals surface area contributed by atoms with E-state index in [1.807, 2.05) is 12.1 Å². The molecule has 0 unspecified atom stereocenters. The van der Waals surface area contributed by atoms with Crippen LogP contribution in [0.4, 0.5) is 0 Å². The number of carbonyl (C=O) groups is 1. The van der Waals surface area contributed by atoms with Crippen LogP contribution in [0.15, 0.2) is 18.2 Å². The van der Waals surface area contributed by atoms with Gasteiger partial charge in [-0.15, -0.1) is 0 Å². The average Bonchev–Trinajstić information content (AvgIpc) is 2.46. The van der Waals surface area contributed by atoms with Crippen LogP contribution < -0.4 is 5.32 Å². The van der Waals surface area contributed by atoms with E-state index in [9.17, 15) is 4.79 Å². The first-order chi connectivity index (χ1) is 10.6. The van der Waals surface area contributed by atoms with Crippen LogP contribution in [0.2, 0.25) is 10.0 Å². The molecule has 1 heterocycles. The summed E-state index contributed by atoms with van der Waals surface area (Å²) in [6.45, 7) is 2.72. The zero-order chi connectivity index (χ0) is 15.5. The number of halogens is 2. The second-order valence-electron chi connectivity index (χ2n) is 6.42. The molecule has 2 aliphatic rings. The maximum atomic E-state index is 12.2. The Morgan fingerprint density at radius 3 is 2.50 bits per heavy atom. The fraction of sp³-hybridized carbons (Fsp3) is 0.588. The Labute approximate surface area is 142 Å². The summed E-state index contributed by atoms with van der Waals surface area (Å²) in [5, 5.41) is 4.56. The van der Waals surface area contributed by atoms with E-state index < -0.39 is 0 Å². The molecule has 3 nitrogen and oxygen atoms in total. The highest BCUT2D eigenvalue weighted by Gasteiger charge is 2.28. The first-order valence-corrected chi connectivity index (χ1v) is 8.84. The molecule has 1 aromatic rings. The van der Waals surface area contributed by atoms with Crippen molar-refractivity contribution >= 4 is 29.1 Å². The van der Waals surface area contributed by atoms with Crippen molar-refractivity contribution in [2.24, 2.45) is 5.92 Å². The van der Waals surface area contributed by atoms with Crippen LogP contribution in [0.25, 0.3) is 0 Å². The summed E-state index contributed by atoms with van der Waals surface area (Å²) in [5.41, 5.74) is 1.10. The first-order valence-electron chi connectivity index (χ1n) is 8.08. The minimum absolute atomic E-state index is 0.178. The fourth-order valence-electron chi connectivity index (χ4n) is 3.12. The van der Waals surface area contributed by atoms with E-state index in [1.54, 1.807) is 6.07 Å². The lowest BCUT2D eigenvalue weighted by atomic mass is 9.90. The van der Waals surface area contributed by atoms with E-state index in [-0.39, 0.29) is 11.8 Å². The summed E-state index contributed by atoms with van der Waals surface area (Å²) in [6.07, 6.45) is 5.43. The van der Waals surface area contributed by atoms with Crippen molar-refractivity contribution < 1.29 is 4.79 Å². The van der Waals surface area contributed by atoms with E-state index in [0.29, 0.717) is 11.1 Å². The van der Waals surface area contributed by atoms with Gasteiger partial charge in [0.2, 0.25) is 5.91 Å². The largest absolute Gasteiger partial charge is 0.353 e. The Bertz CT molecular complexity index is 537. The number of carbonyl (C=O) groups excluding carboxylic acids is 1. The Kier molecular flexibility index (Phi) is 5.27. The summed E-state index contributed by atoms with van der Waals surface area (Å²) < 4.78 is 0. The van der Waals surface area contributed by atoms with Crippen molar-refractivity contribution in [1.82, 2.24) is 10.2 Å². The third kappa shape index (κ3) is 3.95. The summed E-state index contributed by atoms with van der Waals surface area (Å²) in [7, 11) is 0.